The summed E-state index contributed by atoms with van der Waals surface area (Å²) in [5, 5.41) is 3.49. The van der Waals surface area contributed by atoms with Gasteiger partial charge in [0.15, 0.2) is 0 Å². The molecule has 90 valence electrons. The molecule has 0 unspecified atom stereocenters. The zero-order chi connectivity index (χ0) is 12.1. The van der Waals surface area contributed by atoms with Gasteiger partial charge in [-0.05, 0) is 43.0 Å². The van der Waals surface area contributed by atoms with Crippen LogP contribution in [-0.2, 0) is 0 Å². The van der Waals surface area contributed by atoms with Crippen molar-refractivity contribution in [2.45, 2.75) is 27.2 Å². The van der Waals surface area contributed by atoms with E-state index in [1.54, 1.807) is 0 Å². The van der Waals surface area contributed by atoms with Gasteiger partial charge in [-0.3, -0.25) is 0 Å². The summed E-state index contributed by atoms with van der Waals surface area (Å²) in [7, 11) is 4.14. The summed E-state index contributed by atoms with van der Waals surface area (Å²) in [6.45, 7) is 7.72. The van der Waals surface area contributed by atoms with Crippen LogP contribution in [0.5, 0.6) is 0 Å². The lowest BCUT2D eigenvalue weighted by atomic mass is 10.1. The first kappa shape index (κ1) is 12.9. The molecule has 0 aliphatic rings. The van der Waals surface area contributed by atoms with Crippen molar-refractivity contribution in [2.24, 2.45) is 5.92 Å². The van der Waals surface area contributed by atoms with Crippen LogP contribution in [0.2, 0.25) is 0 Å². The monoisotopic (exact) mass is 220 g/mol. The third kappa shape index (κ3) is 3.76. The normalized spacial score (nSPS) is 10.6. The molecule has 0 amide bonds. The standard InChI is InChI=1S/C14H24N2/c1-11(2)8-9-15-14-7-6-13(16(4)5)10-12(14)3/h6-7,10-11,15H,8-9H2,1-5H3. The summed E-state index contributed by atoms with van der Waals surface area (Å²) in [6, 6.07) is 6.55. The quantitative estimate of drug-likeness (QED) is 0.816. The molecule has 2 heteroatoms. The van der Waals surface area contributed by atoms with Crippen LogP contribution in [-0.4, -0.2) is 20.6 Å². The lowest BCUT2D eigenvalue weighted by Gasteiger charge is -2.16. The zero-order valence-corrected chi connectivity index (χ0v) is 11.2. The molecule has 1 N–H and O–H groups in total. The van der Waals surface area contributed by atoms with E-state index in [1.807, 2.05) is 0 Å². The molecular weight excluding hydrogens is 196 g/mol. The highest BCUT2D eigenvalue weighted by Gasteiger charge is 2.01. The van der Waals surface area contributed by atoms with E-state index in [4.69, 9.17) is 0 Å². The Kier molecular flexibility index (Phi) is 4.66. The predicted molar refractivity (Wildman–Crippen MR) is 73.5 cm³/mol. The molecule has 16 heavy (non-hydrogen) atoms. The predicted octanol–water partition coefficient (Wildman–Crippen LogP) is 3.52. The second-order valence-electron chi connectivity index (χ2n) is 5.00. The van der Waals surface area contributed by atoms with E-state index in [2.05, 4.69) is 63.3 Å². The average molecular weight is 220 g/mol. The minimum atomic E-state index is 0.758. The SMILES string of the molecule is Cc1cc(N(C)C)ccc1NCCC(C)C. The molecule has 0 aliphatic heterocycles. The van der Waals surface area contributed by atoms with E-state index < -0.39 is 0 Å². The van der Waals surface area contributed by atoms with Gasteiger partial charge in [0.1, 0.15) is 0 Å². The maximum Gasteiger partial charge on any atom is 0.0371 e. The van der Waals surface area contributed by atoms with Crippen molar-refractivity contribution in [1.82, 2.24) is 0 Å². The molecule has 2 nitrogen and oxygen atoms in total. The Hall–Kier alpha value is -1.18. The number of nitrogens with one attached hydrogen (secondary N) is 1. The number of hydrogen-bond acceptors (Lipinski definition) is 2. The number of anilines is 2. The summed E-state index contributed by atoms with van der Waals surface area (Å²) >= 11 is 0. The fourth-order valence-corrected chi connectivity index (χ4v) is 1.62. The molecule has 0 spiro atoms. The lowest BCUT2D eigenvalue weighted by Crippen LogP contribution is -2.10. The average Bonchev–Trinajstić information content (AvgIpc) is 2.19. The number of benzene rings is 1. The first-order chi connectivity index (χ1) is 7.50. The first-order valence-electron chi connectivity index (χ1n) is 6.02. The molecule has 0 bridgehead atoms. The largest absolute Gasteiger partial charge is 0.385 e. The molecular formula is C14H24N2. The lowest BCUT2D eigenvalue weighted by molar-refractivity contribution is 0.607. The van der Waals surface area contributed by atoms with Gasteiger partial charge >= 0.3 is 0 Å². The van der Waals surface area contributed by atoms with Crippen molar-refractivity contribution in [3.8, 4) is 0 Å². The van der Waals surface area contributed by atoms with E-state index in [0.29, 0.717) is 0 Å². The molecule has 0 saturated heterocycles. The maximum atomic E-state index is 3.49. The van der Waals surface area contributed by atoms with Crippen LogP contribution in [0.3, 0.4) is 0 Å². The Morgan fingerprint density at radius 2 is 1.94 bits per heavy atom. The highest BCUT2D eigenvalue weighted by atomic mass is 15.1. The van der Waals surface area contributed by atoms with Crippen molar-refractivity contribution < 1.29 is 0 Å². The Labute approximate surface area is 99.7 Å². The van der Waals surface area contributed by atoms with Crippen molar-refractivity contribution in [2.75, 3.05) is 30.9 Å². The van der Waals surface area contributed by atoms with Crippen LogP contribution >= 0.6 is 0 Å². The van der Waals surface area contributed by atoms with Crippen molar-refractivity contribution in [1.29, 1.82) is 0 Å². The summed E-state index contributed by atoms with van der Waals surface area (Å²) in [6.07, 6.45) is 1.22. The van der Waals surface area contributed by atoms with E-state index in [-0.39, 0.29) is 0 Å². The zero-order valence-electron chi connectivity index (χ0n) is 11.2. The van der Waals surface area contributed by atoms with Crippen LogP contribution < -0.4 is 10.2 Å². The number of aryl methyl sites for hydroxylation is 1. The fourth-order valence-electron chi connectivity index (χ4n) is 1.62. The van der Waals surface area contributed by atoms with Crippen molar-refractivity contribution >= 4 is 11.4 Å². The van der Waals surface area contributed by atoms with E-state index >= 15 is 0 Å². The molecule has 1 aromatic carbocycles. The van der Waals surface area contributed by atoms with Gasteiger partial charge in [-0.15, -0.1) is 0 Å². The van der Waals surface area contributed by atoms with E-state index in [9.17, 15) is 0 Å². The number of nitrogens with zero attached hydrogens (tertiary/aromatic N) is 1. The third-order valence-corrected chi connectivity index (χ3v) is 2.76. The van der Waals surface area contributed by atoms with E-state index in [0.717, 1.165) is 12.5 Å². The van der Waals surface area contributed by atoms with Crippen LogP contribution in [0.1, 0.15) is 25.8 Å². The summed E-state index contributed by atoms with van der Waals surface area (Å²) in [4.78, 5) is 2.13. The van der Waals surface area contributed by atoms with Gasteiger partial charge in [0.2, 0.25) is 0 Å². The van der Waals surface area contributed by atoms with Gasteiger partial charge in [0.25, 0.3) is 0 Å². The second kappa shape index (κ2) is 5.78. The summed E-state index contributed by atoms with van der Waals surface area (Å²) in [5.41, 5.74) is 3.83. The molecule has 0 aromatic heterocycles. The Balaban J connectivity index is 2.61. The second-order valence-corrected chi connectivity index (χ2v) is 5.00. The van der Waals surface area contributed by atoms with Crippen LogP contribution in [0.15, 0.2) is 18.2 Å². The maximum absolute atomic E-state index is 3.49. The van der Waals surface area contributed by atoms with Crippen molar-refractivity contribution in [3.05, 3.63) is 23.8 Å². The molecule has 0 radical (unpaired) electrons. The van der Waals surface area contributed by atoms with Gasteiger partial charge in [-0.2, -0.15) is 0 Å². The van der Waals surface area contributed by atoms with Gasteiger partial charge in [-0.1, -0.05) is 13.8 Å². The Bertz CT molecular complexity index is 330. The first-order valence-corrected chi connectivity index (χ1v) is 6.02. The molecule has 1 rings (SSSR count). The molecule has 0 saturated carbocycles. The van der Waals surface area contributed by atoms with Crippen LogP contribution in [0.4, 0.5) is 11.4 Å². The molecule has 0 fully saturated rings. The number of rotatable bonds is 5. The topological polar surface area (TPSA) is 15.3 Å². The summed E-state index contributed by atoms with van der Waals surface area (Å²) < 4.78 is 0. The number of hydrogen-bond donors (Lipinski definition) is 1. The van der Waals surface area contributed by atoms with Crippen LogP contribution in [0.25, 0.3) is 0 Å². The minimum Gasteiger partial charge on any atom is -0.385 e. The smallest absolute Gasteiger partial charge is 0.0371 e. The summed E-state index contributed by atoms with van der Waals surface area (Å²) in [5.74, 6) is 0.758. The third-order valence-electron chi connectivity index (χ3n) is 2.76. The fraction of sp³-hybridized carbons (Fsp3) is 0.571. The molecule has 0 aliphatic carbocycles. The Morgan fingerprint density at radius 3 is 2.44 bits per heavy atom. The van der Waals surface area contributed by atoms with Gasteiger partial charge in [0.05, 0.1) is 0 Å². The van der Waals surface area contributed by atoms with Gasteiger partial charge in [0, 0.05) is 32.0 Å². The molecule has 0 heterocycles. The van der Waals surface area contributed by atoms with Gasteiger partial charge < -0.3 is 10.2 Å². The molecule has 1 aromatic rings. The van der Waals surface area contributed by atoms with Crippen LogP contribution in [0, 0.1) is 12.8 Å². The van der Waals surface area contributed by atoms with E-state index in [1.165, 1.54) is 23.4 Å². The van der Waals surface area contributed by atoms with Gasteiger partial charge in [-0.25, -0.2) is 0 Å². The highest BCUT2D eigenvalue weighted by molar-refractivity contribution is 5.59. The Morgan fingerprint density at radius 1 is 1.25 bits per heavy atom. The highest BCUT2D eigenvalue weighted by Crippen LogP contribution is 2.21. The molecule has 0 atom stereocenters. The van der Waals surface area contributed by atoms with Crippen molar-refractivity contribution in [3.63, 3.8) is 0 Å². The minimum absolute atomic E-state index is 0.758.